The number of aryl methyl sites for hydroxylation is 1. The van der Waals surface area contributed by atoms with Gasteiger partial charge in [-0.2, -0.15) is 0 Å². The number of nitrogens with one attached hydrogen (secondary N) is 2. The van der Waals surface area contributed by atoms with Crippen LogP contribution in [0.4, 0.5) is 0 Å². The van der Waals surface area contributed by atoms with Crippen molar-refractivity contribution < 1.29 is 4.79 Å². The van der Waals surface area contributed by atoms with E-state index in [0.717, 1.165) is 6.29 Å². The monoisotopic (exact) mass is 190 g/mol. The number of aldehydes is 1. The molecule has 1 fully saturated rings. The quantitative estimate of drug-likeness (QED) is 0.682. The Kier molecular flexibility index (Phi) is 2.61. The average Bonchev–Trinajstić information content (AvgIpc) is 2.65. The summed E-state index contributed by atoms with van der Waals surface area (Å²) in [6.45, 7) is 2.77. The lowest BCUT2D eigenvalue weighted by Crippen LogP contribution is -2.25. The van der Waals surface area contributed by atoms with Gasteiger partial charge in [0.15, 0.2) is 0 Å². The van der Waals surface area contributed by atoms with E-state index < -0.39 is 0 Å². The number of rotatable bonds is 2. The Balaban J connectivity index is 2.25. The Bertz CT molecular complexity index is 338. The van der Waals surface area contributed by atoms with E-state index >= 15 is 0 Å². The highest BCUT2D eigenvalue weighted by atomic mass is 16.1. The zero-order chi connectivity index (χ0) is 9.97. The molecule has 1 aliphatic rings. The predicted octanol–water partition coefficient (Wildman–Crippen LogP) is 0.959. The van der Waals surface area contributed by atoms with Crippen molar-refractivity contribution >= 4 is 6.29 Å². The van der Waals surface area contributed by atoms with Gasteiger partial charge in [0.05, 0.1) is 6.04 Å². The fourth-order valence-corrected chi connectivity index (χ4v) is 1.83. The molecule has 1 aromatic rings. The van der Waals surface area contributed by atoms with E-state index in [2.05, 4.69) is 29.9 Å². The number of carbonyl (C=O) groups excluding carboxylic acids is 1. The van der Waals surface area contributed by atoms with Crippen molar-refractivity contribution in [1.82, 2.24) is 10.9 Å². The van der Waals surface area contributed by atoms with Crippen LogP contribution < -0.4 is 10.9 Å². The summed E-state index contributed by atoms with van der Waals surface area (Å²) < 4.78 is 0. The molecular formula is C11H14N2O. The summed E-state index contributed by atoms with van der Waals surface area (Å²) in [7, 11) is 0. The summed E-state index contributed by atoms with van der Waals surface area (Å²) in [5.74, 6) is 0.0387. The fraction of sp³-hybridized carbons (Fsp3) is 0.364. The van der Waals surface area contributed by atoms with E-state index in [-0.39, 0.29) is 12.0 Å². The first kappa shape index (κ1) is 9.37. The molecule has 0 bridgehead atoms. The van der Waals surface area contributed by atoms with Crippen molar-refractivity contribution in [3.05, 3.63) is 35.4 Å². The number of benzene rings is 1. The molecule has 3 nitrogen and oxygen atoms in total. The van der Waals surface area contributed by atoms with Gasteiger partial charge in [-0.3, -0.25) is 5.43 Å². The van der Waals surface area contributed by atoms with Crippen LogP contribution in [0.15, 0.2) is 24.3 Å². The maximum atomic E-state index is 10.8. The second-order valence-electron chi connectivity index (χ2n) is 3.72. The van der Waals surface area contributed by atoms with Crippen molar-refractivity contribution in [1.29, 1.82) is 0 Å². The molecule has 2 rings (SSSR count). The van der Waals surface area contributed by atoms with Gasteiger partial charge in [-0.1, -0.05) is 29.8 Å². The van der Waals surface area contributed by atoms with Gasteiger partial charge in [-0.15, -0.1) is 0 Å². The summed E-state index contributed by atoms with van der Waals surface area (Å²) in [4.78, 5) is 10.8. The van der Waals surface area contributed by atoms with Crippen LogP contribution >= 0.6 is 0 Å². The van der Waals surface area contributed by atoms with Crippen molar-refractivity contribution in [2.24, 2.45) is 5.92 Å². The van der Waals surface area contributed by atoms with E-state index in [1.807, 2.05) is 12.1 Å². The predicted molar refractivity (Wildman–Crippen MR) is 54.6 cm³/mol. The molecule has 0 saturated carbocycles. The molecule has 3 heteroatoms. The van der Waals surface area contributed by atoms with Crippen molar-refractivity contribution in [2.75, 3.05) is 6.54 Å². The normalized spacial score (nSPS) is 26.4. The topological polar surface area (TPSA) is 41.1 Å². The van der Waals surface area contributed by atoms with Crippen LogP contribution in [0.25, 0.3) is 0 Å². The van der Waals surface area contributed by atoms with E-state index in [9.17, 15) is 4.79 Å². The molecule has 0 amide bonds. The Morgan fingerprint density at radius 3 is 3.07 bits per heavy atom. The van der Waals surface area contributed by atoms with Gasteiger partial charge in [-0.05, 0) is 12.5 Å². The minimum Gasteiger partial charge on any atom is -0.303 e. The van der Waals surface area contributed by atoms with Crippen LogP contribution in [0.5, 0.6) is 0 Å². The van der Waals surface area contributed by atoms with Gasteiger partial charge in [-0.25, -0.2) is 5.43 Å². The largest absolute Gasteiger partial charge is 0.303 e. The lowest BCUT2D eigenvalue weighted by atomic mass is 9.95. The van der Waals surface area contributed by atoms with Gasteiger partial charge in [0.1, 0.15) is 6.29 Å². The highest BCUT2D eigenvalue weighted by molar-refractivity contribution is 5.57. The van der Waals surface area contributed by atoms with Crippen molar-refractivity contribution in [2.45, 2.75) is 13.0 Å². The highest BCUT2D eigenvalue weighted by Gasteiger charge is 2.27. The third-order valence-electron chi connectivity index (χ3n) is 2.60. The second-order valence-corrected chi connectivity index (χ2v) is 3.72. The zero-order valence-corrected chi connectivity index (χ0v) is 8.16. The summed E-state index contributed by atoms with van der Waals surface area (Å²) in [6.07, 6.45) is 1.01. The minimum absolute atomic E-state index is 0.0387. The van der Waals surface area contributed by atoms with E-state index in [4.69, 9.17) is 0 Å². The van der Waals surface area contributed by atoms with Crippen LogP contribution in [0, 0.1) is 12.8 Å². The Morgan fingerprint density at radius 1 is 1.50 bits per heavy atom. The maximum absolute atomic E-state index is 10.8. The van der Waals surface area contributed by atoms with E-state index in [0.29, 0.717) is 6.54 Å². The average molecular weight is 190 g/mol. The standard InChI is InChI=1S/C11H14N2O/c1-8-3-2-4-9(5-8)11-10(7-14)6-12-13-11/h2-5,7,10-13H,6H2,1H3. The van der Waals surface area contributed by atoms with Gasteiger partial charge in [0, 0.05) is 12.5 Å². The molecule has 74 valence electrons. The number of carbonyl (C=O) groups is 1. The second kappa shape index (κ2) is 3.90. The first-order chi connectivity index (χ1) is 6.81. The van der Waals surface area contributed by atoms with Crippen LogP contribution in [0.1, 0.15) is 17.2 Å². The van der Waals surface area contributed by atoms with Crippen molar-refractivity contribution in [3.8, 4) is 0 Å². The molecular weight excluding hydrogens is 176 g/mol. The molecule has 0 spiro atoms. The molecule has 1 aromatic carbocycles. The van der Waals surface area contributed by atoms with E-state index in [1.54, 1.807) is 0 Å². The molecule has 1 heterocycles. The molecule has 1 aliphatic heterocycles. The first-order valence-electron chi connectivity index (χ1n) is 4.81. The molecule has 0 radical (unpaired) electrons. The Hall–Kier alpha value is -1.19. The molecule has 0 aromatic heterocycles. The molecule has 0 aliphatic carbocycles. The number of hydrogen-bond acceptors (Lipinski definition) is 3. The zero-order valence-electron chi connectivity index (χ0n) is 8.16. The number of hydrazine groups is 1. The number of hydrogen-bond donors (Lipinski definition) is 2. The van der Waals surface area contributed by atoms with Crippen LogP contribution in [-0.2, 0) is 4.79 Å². The lowest BCUT2D eigenvalue weighted by Gasteiger charge is -2.14. The third kappa shape index (κ3) is 1.69. The molecule has 2 atom stereocenters. The van der Waals surface area contributed by atoms with Crippen molar-refractivity contribution in [3.63, 3.8) is 0 Å². The van der Waals surface area contributed by atoms with Crippen LogP contribution in [-0.4, -0.2) is 12.8 Å². The highest BCUT2D eigenvalue weighted by Crippen LogP contribution is 2.23. The van der Waals surface area contributed by atoms with Gasteiger partial charge >= 0.3 is 0 Å². The maximum Gasteiger partial charge on any atom is 0.126 e. The summed E-state index contributed by atoms with van der Waals surface area (Å²) in [5, 5.41) is 0. The van der Waals surface area contributed by atoms with Crippen LogP contribution in [0.3, 0.4) is 0 Å². The Morgan fingerprint density at radius 2 is 2.36 bits per heavy atom. The van der Waals surface area contributed by atoms with Crippen LogP contribution in [0.2, 0.25) is 0 Å². The first-order valence-corrected chi connectivity index (χ1v) is 4.81. The van der Waals surface area contributed by atoms with E-state index in [1.165, 1.54) is 11.1 Å². The smallest absolute Gasteiger partial charge is 0.126 e. The molecule has 14 heavy (non-hydrogen) atoms. The fourth-order valence-electron chi connectivity index (χ4n) is 1.83. The van der Waals surface area contributed by atoms with Gasteiger partial charge in [0.25, 0.3) is 0 Å². The van der Waals surface area contributed by atoms with Gasteiger partial charge in [0.2, 0.25) is 0 Å². The molecule has 2 unspecified atom stereocenters. The Labute approximate surface area is 83.5 Å². The summed E-state index contributed by atoms with van der Waals surface area (Å²) in [6, 6.07) is 8.36. The molecule has 1 saturated heterocycles. The minimum atomic E-state index is 0.0387. The third-order valence-corrected chi connectivity index (χ3v) is 2.60. The van der Waals surface area contributed by atoms with Gasteiger partial charge < -0.3 is 4.79 Å². The summed E-state index contributed by atoms with van der Waals surface area (Å²) >= 11 is 0. The summed E-state index contributed by atoms with van der Waals surface area (Å²) in [5.41, 5.74) is 8.53. The lowest BCUT2D eigenvalue weighted by molar-refractivity contribution is -0.111. The molecule has 2 N–H and O–H groups in total. The SMILES string of the molecule is Cc1cccc(C2NNCC2C=O)c1.